The minimum Gasteiger partial charge on any atom is -0.380 e. The van der Waals surface area contributed by atoms with Gasteiger partial charge < -0.3 is 5.32 Å². The highest BCUT2D eigenvalue weighted by Gasteiger charge is 2.29. The summed E-state index contributed by atoms with van der Waals surface area (Å²) in [5, 5.41) is 3.69. The van der Waals surface area contributed by atoms with Gasteiger partial charge in [-0.3, -0.25) is 0 Å². The zero-order valence-corrected chi connectivity index (χ0v) is 8.16. The molecule has 1 heterocycles. The van der Waals surface area contributed by atoms with Crippen LogP contribution in [0.15, 0.2) is 18.2 Å². The Kier molecular flexibility index (Phi) is 1.95. The van der Waals surface area contributed by atoms with Crippen LogP contribution in [0.1, 0.15) is 12.5 Å². The summed E-state index contributed by atoms with van der Waals surface area (Å²) in [6.45, 7) is 1.94. The maximum absolute atomic E-state index is 13.6. The van der Waals surface area contributed by atoms with Gasteiger partial charge in [0.1, 0.15) is 5.67 Å². The number of para-hydroxylation sites is 1. The van der Waals surface area contributed by atoms with Crippen molar-refractivity contribution in [3.63, 3.8) is 0 Å². The normalized spacial score (nSPS) is 26.4. The van der Waals surface area contributed by atoms with Gasteiger partial charge >= 0.3 is 0 Å². The monoisotopic (exact) mass is 199 g/mol. The molecular formula is C10H11ClFN. The van der Waals surface area contributed by atoms with Crippen LogP contribution in [0.5, 0.6) is 0 Å². The Morgan fingerprint density at radius 1 is 1.54 bits per heavy atom. The SMILES string of the molecule is CC1(F)CNc2c(Cl)cccc2C1. The molecule has 1 aliphatic heterocycles. The third-order valence-electron chi connectivity index (χ3n) is 2.29. The van der Waals surface area contributed by atoms with Crippen LogP contribution in [-0.4, -0.2) is 12.2 Å². The number of rotatable bonds is 0. The average molecular weight is 200 g/mol. The molecule has 1 aliphatic rings. The molecule has 1 atom stereocenters. The summed E-state index contributed by atoms with van der Waals surface area (Å²) < 4.78 is 13.6. The molecule has 0 fully saturated rings. The average Bonchev–Trinajstić information content (AvgIpc) is 2.02. The second kappa shape index (κ2) is 2.88. The highest BCUT2D eigenvalue weighted by Crippen LogP contribution is 2.34. The van der Waals surface area contributed by atoms with Crippen LogP contribution < -0.4 is 5.32 Å². The molecule has 70 valence electrons. The van der Waals surface area contributed by atoms with Crippen molar-refractivity contribution in [1.82, 2.24) is 0 Å². The fourth-order valence-electron chi connectivity index (χ4n) is 1.65. The Labute approximate surface area is 81.9 Å². The molecule has 1 aromatic rings. The lowest BCUT2D eigenvalue weighted by Crippen LogP contribution is -2.35. The summed E-state index contributed by atoms with van der Waals surface area (Å²) in [7, 11) is 0. The lowest BCUT2D eigenvalue weighted by molar-refractivity contribution is 0.202. The second-order valence-electron chi connectivity index (χ2n) is 3.72. The van der Waals surface area contributed by atoms with Crippen LogP contribution in [0.2, 0.25) is 5.02 Å². The molecule has 0 saturated carbocycles. The Balaban J connectivity index is 2.42. The second-order valence-corrected chi connectivity index (χ2v) is 4.12. The molecule has 0 radical (unpaired) electrons. The molecule has 1 unspecified atom stereocenters. The maximum Gasteiger partial charge on any atom is 0.129 e. The fraction of sp³-hybridized carbons (Fsp3) is 0.400. The van der Waals surface area contributed by atoms with Crippen LogP contribution >= 0.6 is 11.6 Å². The minimum absolute atomic E-state index is 0.337. The summed E-state index contributed by atoms with van der Waals surface area (Å²) in [6, 6.07) is 5.57. The molecule has 0 amide bonds. The third kappa shape index (κ3) is 1.63. The fourth-order valence-corrected chi connectivity index (χ4v) is 1.91. The molecule has 1 N–H and O–H groups in total. The van der Waals surface area contributed by atoms with E-state index in [0.29, 0.717) is 18.0 Å². The van der Waals surface area contributed by atoms with Crippen molar-refractivity contribution in [2.24, 2.45) is 0 Å². The molecule has 0 spiro atoms. The number of nitrogens with one attached hydrogen (secondary N) is 1. The lowest BCUT2D eigenvalue weighted by atomic mass is 9.93. The molecule has 0 aliphatic carbocycles. The first-order valence-corrected chi connectivity index (χ1v) is 4.66. The molecule has 1 nitrogen and oxygen atoms in total. The van der Waals surface area contributed by atoms with E-state index in [9.17, 15) is 4.39 Å². The van der Waals surface area contributed by atoms with Crippen LogP contribution in [0.3, 0.4) is 0 Å². The van der Waals surface area contributed by atoms with E-state index in [4.69, 9.17) is 11.6 Å². The molecule has 3 heteroatoms. The van der Waals surface area contributed by atoms with Gasteiger partial charge in [0.2, 0.25) is 0 Å². The minimum atomic E-state index is -1.16. The number of hydrogen-bond acceptors (Lipinski definition) is 1. The van der Waals surface area contributed by atoms with Crippen LogP contribution in [-0.2, 0) is 6.42 Å². The van der Waals surface area contributed by atoms with Crippen molar-refractivity contribution in [1.29, 1.82) is 0 Å². The van der Waals surface area contributed by atoms with E-state index in [1.54, 1.807) is 6.92 Å². The molecular weight excluding hydrogens is 189 g/mol. The van der Waals surface area contributed by atoms with E-state index in [0.717, 1.165) is 11.3 Å². The van der Waals surface area contributed by atoms with Crippen LogP contribution in [0, 0.1) is 0 Å². The van der Waals surface area contributed by atoms with E-state index in [2.05, 4.69) is 5.32 Å². The summed E-state index contributed by atoms with van der Waals surface area (Å²) in [5.41, 5.74) is 0.695. The van der Waals surface area contributed by atoms with Crippen LogP contribution in [0.25, 0.3) is 0 Å². The van der Waals surface area contributed by atoms with E-state index in [-0.39, 0.29) is 0 Å². The third-order valence-corrected chi connectivity index (χ3v) is 2.61. The van der Waals surface area contributed by atoms with Crippen molar-refractivity contribution in [3.8, 4) is 0 Å². The molecule has 1 aromatic carbocycles. The van der Waals surface area contributed by atoms with Crippen molar-refractivity contribution >= 4 is 17.3 Å². The van der Waals surface area contributed by atoms with Gasteiger partial charge in [-0.05, 0) is 18.6 Å². The van der Waals surface area contributed by atoms with E-state index in [1.807, 2.05) is 18.2 Å². The predicted octanol–water partition coefficient (Wildman–Crippen LogP) is 3.04. The van der Waals surface area contributed by atoms with Gasteiger partial charge in [-0.1, -0.05) is 23.7 Å². The Hall–Kier alpha value is -0.760. The van der Waals surface area contributed by atoms with Crippen molar-refractivity contribution < 1.29 is 4.39 Å². The Morgan fingerprint density at radius 3 is 3.08 bits per heavy atom. The van der Waals surface area contributed by atoms with Gasteiger partial charge in [0.05, 0.1) is 10.7 Å². The number of anilines is 1. The van der Waals surface area contributed by atoms with Gasteiger partial charge in [0, 0.05) is 13.0 Å². The van der Waals surface area contributed by atoms with Gasteiger partial charge in [0.25, 0.3) is 0 Å². The highest BCUT2D eigenvalue weighted by atomic mass is 35.5. The summed E-state index contributed by atoms with van der Waals surface area (Å²) in [4.78, 5) is 0. The summed E-state index contributed by atoms with van der Waals surface area (Å²) in [5.74, 6) is 0. The van der Waals surface area contributed by atoms with Crippen LogP contribution in [0.4, 0.5) is 10.1 Å². The predicted molar refractivity (Wildman–Crippen MR) is 53.2 cm³/mol. The first-order valence-electron chi connectivity index (χ1n) is 4.29. The summed E-state index contributed by atoms with van der Waals surface area (Å²) >= 11 is 5.95. The first kappa shape index (κ1) is 8.82. The number of alkyl halides is 1. The molecule has 0 aromatic heterocycles. The zero-order chi connectivity index (χ0) is 9.47. The smallest absolute Gasteiger partial charge is 0.129 e. The van der Waals surface area contributed by atoms with Crippen molar-refractivity contribution in [2.45, 2.75) is 19.0 Å². The first-order chi connectivity index (χ1) is 6.08. The zero-order valence-electron chi connectivity index (χ0n) is 7.40. The lowest BCUT2D eigenvalue weighted by Gasteiger charge is -2.29. The highest BCUT2D eigenvalue weighted by molar-refractivity contribution is 6.33. The standard InChI is InChI=1S/C10H11ClFN/c1-10(12)5-7-3-2-4-8(11)9(7)13-6-10/h2-4,13H,5-6H2,1H3. The van der Waals surface area contributed by atoms with Gasteiger partial charge in [0.15, 0.2) is 0 Å². The Bertz CT molecular complexity index is 336. The molecule has 13 heavy (non-hydrogen) atoms. The number of hydrogen-bond donors (Lipinski definition) is 1. The van der Waals surface area contributed by atoms with Gasteiger partial charge in [-0.2, -0.15) is 0 Å². The number of fused-ring (bicyclic) bond motifs is 1. The molecule has 0 saturated heterocycles. The summed E-state index contributed by atoms with van der Waals surface area (Å²) in [6.07, 6.45) is 0.440. The van der Waals surface area contributed by atoms with Gasteiger partial charge in [-0.25, -0.2) is 4.39 Å². The topological polar surface area (TPSA) is 12.0 Å². The van der Waals surface area contributed by atoms with Crippen molar-refractivity contribution in [2.75, 3.05) is 11.9 Å². The van der Waals surface area contributed by atoms with E-state index >= 15 is 0 Å². The van der Waals surface area contributed by atoms with Crippen molar-refractivity contribution in [3.05, 3.63) is 28.8 Å². The Morgan fingerprint density at radius 2 is 2.31 bits per heavy atom. The van der Waals surface area contributed by atoms with Gasteiger partial charge in [-0.15, -0.1) is 0 Å². The van der Waals surface area contributed by atoms with E-state index in [1.165, 1.54) is 0 Å². The maximum atomic E-state index is 13.6. The molecule has 0 bridgehead atoms. The molecule has 2 rings (SSSR count). The quantitative estimate of drug-likeness (QED) is 0.677. The number of benzene rings is 1. The number of halogens is 2. The van der Waals surface area contributed by atoms with E-state index < -0.39 is 5.67 Å². The largest absolute Gasteiger partial charge is 0.380 e.